The van der Waals surface area contributed by atoms with Gasteiger partial charge in [0.15, 0.2) is 0 Å². The third-order valence-corrected chi connectivity index (χ3v) is 3.59. The maximum Gasteiger partial charge on any atom is 0.0230 e. The molecule has 0 aliphatic heterocycles. The van der Waals surface area contributed by atoms with Crippen molar-refractivity contribution < 1.29 is 0 Å². The van der Waals surface area contributed by atoms with Gasteiger partial charge >= 0.3 is 0 Å². The zero-order valence-electron chi connectivity index (χ0n) is 13.6. The molecule has 0 amide bonds. The van der Waals surface area contributed by atoms with Crippen LogP contribution in [0.25, 0.3) is 0 Å². The number of hydrogen-bond donors (Lipinski definition) is 0. The first-order chi connectivity index (χ1) is 10.1. The lowest BCUT2D eigenvalue weighted by Gasteiger charge is -2.17. The van der Waals surface area contributed by atoms with Gasteiger partial charge in [-0.2, -0.15) is 0 Å². The Labute approximate surface area is 129 Å². The highest BCUT2D eigenvalue weighted by Gasteiger charge is 2.08. The molecular formula is C19H26N2. The monoisotopic (exact) mass is 282 g/mol. The summed E-state index contributed by atoms with van der Waals surface area (Å²) in [6, 6.07) is 17.5. The second-order valence-electron chi connectivity index (χ2n) is 6.19. The molecule has 0 unspecified atom stereocenters. The summed E-state index contributed by atoms with van der Waals surface area (Å²) >= 11 is 0. The second-order valence-corrected chi connectivity index (χ2v) is 6.19. The van der Waals surface area contributed by atoms with E-state index >= 15 is 0 Å². The summed E-state index contributed by atoms with van der Waals surface area (Å²) in [5, 5.41) is 0. The van der Waals surface area contributed by atoms with Crippen molar-refractivity contribution >= 4 is 0 Å². The fourth-order valence-electron chi connectivity index (χ4n) is 2.65. The van der Waals surface area contributed by atoms with E-state index in [2.05, 4.69) is 86.5 Å². The molecule has 0 aliphatic carbocycles. The molecule has 21 heavy (non-hydrogen) atoms. The van der Waals surface area contributed by atoms with Crippen LogP contribution < -0.4 is 0 Å². The van der Waals surface area contributed by atoms with Gasteiger partial charge in [0.1, 0.15) is 0 Å². The van der Waals surface area contributed by atoms with Gasteiger partial charge in [-0.1, -0.05) is 48.5 Å². The van der Waals surface area contributed by atoms with Gasteiger partial charge in [-0.15, -0.1) is 0 Å². The Morgan fingerprint density at radius 2 is 0.905 bits per heavy atom. The zero-order chi connectivity index (χ0) is 15.2. The minimum atomic E-state index is 0.992. The van der Waals surface area contributed by atoms with Crippen LogP contribution in [-0.2, 0) is 19.5 Å². The lowest BCUT2D eigenvalue weighted by molar-refractivity contribution is 0.399. The molecule has 0 aromatic heterocycles. The first-order valence-corrected chi connectivity index (χ1v) is 7.49. The van der Waals surface area contributed by atoms with Crippen molar-refractivity contribution in [2.45, 2.75) is 19.5 Å². The van der Waals surface area contributed by atoms with Crippen LogP contribution in [0.2, 0.25) is 0 Å². The summed E-state index contributed by atoms with van der Waals surface area (Å²) in [6.07, 6.45) is 1.01. The Morgan fingerprint density at radius 1 is 0.571 bits per heavy atom. The minimum absolute atomic E-state index is 0.992. The van der Waals surface area contributed by atoms with Crippen molar-refractivity contribution in [3.8, 4) is 0 Å². The predicted molar refractivity (Wildman–Crippen MR) is 90.5 cm³/mol. The van der Waals surface area contributed by atoms with Crippen LogP contribution in [0.3, 0.4) is 0 Å². The Balaban J connectivity index is 2.26. The first kappa shape index (κ1) is 15.7. The summed E-state index contributed by atoms with van der Waals surface area (Å²) in [4.78, 5) is 4.45. The Hall–Kier alpha value is -1.64. The average Bonchev–Trinajstić information content (AvgIpc) is 2.42. The number of hydrogen-bond acceptors (Lipinski definition) is 2. The summed E-state index contributed by atoms with van der Waals surface area (Å²) in [5.41, 5.74) is 5.69. The van der Waals surface area contributed by atoms with Gasteiger partial charge in [-0.05, 0) is 56.9 Å². The van der Waals surface area contributed by atoms with Crippen molar-refractivity contribution in [2.24, 2.45) is 0 Å². The highest BCUT2D eigenvalue weighted by Crippen LogP contribution is 2.19. The van der Waals surface area contributed by atoms with Crippen LogP contribution in [0, 0.1) is 0 Å². The van der Waals surface area contributed by atoms with E-state index in [0.717, 1.165) is 19.5 Å². The molecule has 0 fully saturated rings. The summed E-state index contributed by atoms with van der Waals surface area (Å²) in [5.74, 6) is 0. The molecule has 0 saturated carbocycles. The molecule has 2 nitrogen and oxygen atoms in total. The third-order valence-electron chi connectivity index (χ3n) is 3.59. The maximum atomic E-state index is 2.26. The van der Waals surface area contributed by atoms with Crippen LogP contribution in [0.15, 0.2) is 48.5 Å². The normalized spacial score (nSPS) is 11.3. The molecule has 2 aromatic rings. The molecule has 0 spiro atoms. The lowest BCUT2D eigenvalue weighted by Crippen LogP contribution is -2.14. The molecule has 2 rings (SSSR count). The molecule has 112 valence electrons. The van der Waals surface area contributed by atoms with Crippen LogP contribution >= 0.6 is 0 Å². The van der Waals surface area contributed by atoms with Gasteiger partial charge in [0.25, 0.3) is 0 Å². The van der Waals surface area contributed by atoms with E-state index in [9.17, 15) is 0 Å². The van der Waals surface area contributed by atoms with Crippen LogP contribution in [-0.4, -0.2) is 38.0 Å². The topological polar surface area (TPSA) is 6.48 Å². The fraction of sp³-hybridized carbons (Fsp3) is 0.368. The van der Waals surface area contributed by atoms with Gasteiger partial charge < -0.3 is 9.80 Å². The SMILES string of the molecule is CN(C)Cc1ccccc1Cc1ccccc1CN(C)C. The molecule has 2 aromatic carbocycles. The van der Waals surface area contributed by atoms with E-state index < -0.39 is 0 Å². The highest BCUT2D eigenvalue weighted by atomic mass is 15.1. The van der Waals surface area contributed by atoms with Crippen LogP contribution in [0.4, 0.5) is 0 Å². The number of nitrogens with zero attached hydrogens (tertiary/aromatic N) is 2. The maximum absolute atomic E-state index is 2.26. The quantitative estimate of drug-likeness (QED) is 0.801. The molecule has 0 saturated heterocycles. The summed E-state index contributed by atoms with van der Waals surface area (Å²) in [7, 11) is 8.49. The van der Waals surface area contributed by atoms with Crippen molar-refractivity contribution in [3.63, 3.8) is 0 Å². The molecule has 0 heterocycles. The molecule has 0 atom stereocenters. The number of benzene rings is 2. The summed E-state index contributed by atoms with van der Waals surface area (Å²) < 4.78 is 0. The fourth-order valence-corrected chi connectivity index (χ4v) is 2.65. The Morgan fingerprint density at radius 3 is 1.24 bits per heavy atom. The smallest absolute Gasteiger partial charge is 0.0230 e. The molecule has 0 N–H and O–H groups in total. The predicted octanol–water partition coefficient (Wildman–Crippen LogP) is 3.40. The Bertz CT molecular complexity index is 522. The van der Waals surface area contributed by atoms with Gasteiger partial charge in [0.05, 0.1) is 0 Å². The average molecular weight is 282 g/mol. The van der Waals surface area contributed by atoms with Crippen LogP contribution in [0.1, 0.15) is 22.3 Å². The van der Waals surface area contributed by atoms with Gasteiger partial charge in [-0.3, -0.25) is 0 Å². The second kappa shape index (κ2) is 7.39. The largest absolute Gasteiger partial charge is 0.305 e. The molecule has 0 aliphatic rings. The molecule has 2 heteroatoms. The van der Waals surface area contributed by atoms with E-state index in [-0.39, 0.29) is 0 Å². The molecular weight excluding hydrogens is 256 g/mol. The first-order valence-electron chi connectivity index (χ1n) is 7.49. The van der Waals surface area contributed by atoms with Gasteiger partial charge in [-0.25, -0.2) is 0 Å². The highest BCUT2D eigenvalue weighted by molar-refractivity contribution is 5.36. The lowest BCUT2D eigenvalue weighted by atomic mass is 9.96. The van der Waals surface area contributed by atoms with Crippen molar-refractivity contribution in [2.75, 3.05) is 28.2 Å². The molecule has 0 radical (unpaired) electrons. The van der Waals surface area contributed by atoms with Crippen LogP contribution in [0.5, 0.6) is 0 Å². The summed E-state index contributed by atoms with van der Waals surface area (Å²) in [6.45, 7) is 1.98. The van der Waals surface area contributed by atoms with Crippen molar-refractivity contribution in [1.82, 2.24) is 9.80 Å². The van der Waals surface area contributed by atoms with Gasteiger partial charge in [0, 0.05) is 13.1 Å². The zero-order valence-corrected chi connectivity index (χ0v) is 13.6. The van der Waals surface area contributed by atoms with E-state index in [1.54, 1.807) is 0 Å². The van der Waals surface area contributed by atoms with E-state index in [0.29, 0.717) is 0 Å². The number of rotatable bonds is 6. The Kier molecular flexibility index (Phi) is 5.54. The minimum Gasteiger partial charge on any atom is -0.305 e. The van der Waals surface area contributed by atoms with E-state index in [1.807, 2.05) is 0 Å². The van der Waals surface area contributed by atoms with E-state index in [1.165, 1.54) is 22.3 Å². The standard InChI is InChI=1S/C19H26N2/c1-20(2)14-18-11-7-5-9-16(18)13-17-10-6-8-12-19(17)15-21(3)4/h5-12H,13-15H2,1-4H3. The van der Waals surface area contributed by atoms with Crippen molar-refractivity contribution in [1.29, 1.82) is 0 Å². The van der Waals surface area contributed by atoms with Gasteiger partial charge in [0.2, 0.25) is 0 Å². The van der Waals surface area contributed by atoms with E-state index in [4.69, 9.17) is 0 Å². The van der Waals surface area contributed by atoms with Crippen molar-refractivity contribution in [3.05, 3.63) is 70.8 Å². The molecule has 0 bridgehead atoms. The third kappa shape index (κ3) is 4.69.